The van der Waals surface area contributed by atoms with E-state index in [9.17, 15) is 9.90 Å². The lowest BCUT2D eigenvalue weighted by Gasteiger charge is -2.37. The molecule has 5 unspecified atom stereocenters. The van der Waals surface area contributed by atoms with E-state index in [0.29, 0.717) is 17.8 Å². The Morgan fingerprint density at radius 2 is 2.31 bits per heavy atom. The van der Waals surface area contributed by atoms with Gasteiger partial charge in [0.25, 0.3) is 0 Å². The van der Waals surface area contributed by atoms with Gasteiger partial charge in [0.15, 0.2) is 0 Å². The van der Waals surface area contributed by atoms with Crippen molar-refractivity contribution in [1.82, 2.24) is 0 Å². The van der Waals surface area contributed by atoms with Gasteiger partial charge in [0.05, 0.1) is 0 Å². The van der Waals surface area contributed by atoms with Crippen LogP contribution in [0.3, 0.4) is 0 Å². The Bertz CT molecular complexity index is 338. The Kier molecular flexibility index (Phi) is 2.15. The summed E-state index contributed by atoms with van der Waals surface area (Å²) in [5.41, 5.74) is -0.732. The van der Waals surface area contributed by atoms with Gasteiger partial charge in [-0.1, -0.05) is 13.0 Å². The van der Waals surface area contributed by atoms with Crippen molar-refractivity contribution >= 4 is 5.97 Å². The molecule has 1 N–H and O–H groups in total. The SMILES string of the molecule is C=CC(=O)OC1CC2CC1(O)C1CCCC21. The third-order valence-electron chi connectivity index (χ3n) is 4.91. The van der Waals surface area contributed by atoms with Gasteiger partial charge in [0, 0.05) is 6.08 Å². The number of fused-ring (bicyclic) bond motifs is 5. The van der Waals surface area contributed by atoms with E-state index >= 15 is 0 Å². The van der Waals surface area contributed by atoms with Crippen LogP contribution in [0.1, 0.15) is 32.1 Å². The molecular formula is C13H18O3. The minimum absolute atomic E-state index is 0.289. The van der Waals surface area contributed by atoms with Crippen LogP contribution in [-0.2, 0) is 9.53 Å². The zero-order chi connectivity index (χ0) is 11.3. The molecule has 3 nitrogen and oxygen atoms in total. The molecule has 0 radical (unpaired) electrons. The average Bonchev–Trinajstić information content (AvgIpc) is 2.89. The minimum atomic E-state index is -0.732. The maximum Gasteiger partial charge on any atom is 0.330 e. The zero-order valence-corrected chi connectivity index (χ0v) is 9.39. The van der Waals surface area contributed by atoms with Crippen LogP contribution in [0.4, 0.5) is 0 Å². The Labute approximate surface area is 95.5 Å². The quantitative estimate of drug-likeness (QED) is 0.571. The lowest BCUT2D eigenvalue weighted by Crippen LogP contribution is -2.47. The summed E-state index contributed by atoms with van der Waals surface area (Å²) in [6.45, 7) is 3.40. The summed E-state index contributed by atoms with van der Waals surface area (Å²) in [5, 5.41) is 10.7. The fourth-order valence-electron chi connectivity index (χ4n) is 4.34. The van der Waals surface area contributed by atoms with Gasteiger partial charge in [-0.05, 0) is 43.4 Å². The summed E-state index contributed by atoms with van der Waals surface area (Å²) in [6.07, 6.45) is 6.13. The van der Waals surface area contributed by atoms with Crippen LogP contribution in [0.15, 0.2) is 12.7 Å². The molecule has 3 aliphatic carbocycles. The molecule has 16 heavy (non-hydrogen) atoms. The van der Waals surface area contributed by atoms with Crippen molar-refractivity contribution in [2.75, 3.05) is 0 Å². The molecule has 3 fully saturated rings. The number of esters is 1. The molecule has 88 valence electrons. The first kappa shape index (κ1) is 10.3. The van der Waals surface area contributed by atoms with Gasteiger partial charge in [0.1, 0.15) is 11.7 Å². The highest BCUT2D eigenvalue weighted by molar-refractivity contribution is 5.81. The predicted molar refractivity (Wildman–Crippen MR) is 58.6 cm³/mol. The number of carbonyl (C=O) groups excluding carboxylic acids is 1. The van der Waals surface area contributed by atoms with Crippen LogP contribution in [0.5, 0.6) is 0 Å². The van der Waals surface area contributed by atoms with Crippen molar-refractivity contribution in [3.8, 4) is 0 Å². The Hall–Kier alpha value is -0.830. The van der Waals surface area contributed by atoms with Crippen LogP contribution >= 0.6 is 0 Å². The molecule has 0 aliphatic heterocycles. The van der Waals surface area contributed by atoms with E-state index in [4.69, 9.17) is 4.74 Å². The largest absolute Gasteiger partial charge is 0.456 e. The second-order valence-electron chi connectivity index (χ2n) is 5.52. The van der Waals surface area contributed by atoms with Gasteiger partial charge in [-0.2, -0.15) is 0 Å². The van der Waals surface area contributed by atoms with Crippen molar-refractivity contribution < 1.29 is 14.6 Å². The van der Waals surface area contributed by atoms with Crippen LogP contribution in [0, 0.1) is 17.8 Å². The molecule has 3 saturated carbocycles. The van der Waals surface area contributed by atoms with Gasteiger partial charge in [-0.3, -0.25) is 0 Å². The van der Waals surface area contributed by atoms with E-state index in [0.717, 1.165) is 19.3 Å². The van der Waals surface area contributed by atoms with E-state index in [1.807, 2.05) is 0 Å². The number of aliphatic hydroxyl groups is 1. The fraction of sp³-hybridized carbons (Fsp3) is 0.769. The average molecular weight is 222 g/mol. The third kappa shape index (κ3) is 1.21. The maximum atomic E-state index is 11.2. The van der Waals surface area contributed by atoms with E-state index in [2.05, 4.69) is 6.58 Å². The number of ether oxygens (including phenoxy) is 1. The summed E-state index contributed by atoms with van der Waals surface area (Å²) in [7, 11) is 0. The summed E-state index contributed by atoms with van der Waals surface area (Å²) in [6, 6.07) is 0. The molecule has 0 aromatic carbocycles. The highest BCUT2D eigenvalue weighted by Crippen LogP contribution is 2.61. The van der Waals surface area contributed by atoms with Gasteiger partial charge >= 0.3 is 5.97 Å². The molecular weight excluding hydrogens is 204 g/mol. The number of rotatable bonds is 2. The molecule has 0 amide bonds. The van der Waals surface area contributed by atoms with E-state index < -0.39 is 11.6 Å². The van der Waals surface area contributed by atoms with Crippen LogP contribution in [0.2, 0.25) is 0 Å². The fourth-order valence-corrected chi connectivity index (χ4v) is 4.34. The molecule has 3 aliphatic rings. The Morgan fingerprint density at radius 1 is 1.50 bits per heavy atom. The van der Waals surface area contributed by atoms with Gasteiger partial charge in [-0.25, -0.2) is 4.79 Å². The molecule has 3 heteroatoms. The monoisotopic (exact) mass is 222 g/mol. The number of carbonyl (C=O) groups is 1. The van der Waals surface area contributed by atoms with E-state index in [1.165, 1.54) is 18.9 Å². The highest BCUT2D eigenvalue weighted by Gasteiger charge is 2.64. The molecule has 2 bridgehead atoms. The van der Waals surface area contributed by atoms with Crippen molar-refractivity contribution in [2.45, 2.75) is 43.8 Å². The summed E-state index contributed by atoms with van der Waals surface area (Å²) in [4.78, 5) is 11.2. The van der Waals surface area contributed by atoms with Crippen molar-refractivity contribution in [2.24, 2.45) is 17.8 Å². The van der Waals surface area contributed by atoms with E-state index in [1.54, 1.807) is 0 Å². The molecule has 0 aromatic rings. The molecule has 5 atom stereocenters. The first-order chi connectivity index (χ1) is 7.65. The van der Waals surface area contributed by atoms with Gasteiger partial charge in [-0.15, -0.1) is 0 Å². The summed E-state index contributed by atoms with van der Waals surface area (Å²) in [5.74, 6) is 1.22. The molecule has 0 saturated heterocycles. The topological polar surface area (TPSA) is 46.5 Å². The zero-order valence-electron chi connectivity index (χ0n) is 9.39. The summed E-state index contributed by atoms with van der Waals surface area (Å²) >= 11 is 0. The van der Waals surface area contributed by atoms with Crippen LogP contribution < -0.4 is 0 Å². The van der Waals surface area contributed by atoms with Gasteiger partial charge in [0.2, 0.25) is 0 Å². The molecule has 3 rings (SSSR count). The smallest absolute Gasteiger partial charge is 0.330 e. The normalized spacial score (nSPS) is 49.1. The van der Waals surface area contributed by atoms with Crippen molar-refractivity contribution in [1.29, 1.82) is 0 Å². The Balaban J connectivity index is 1.80. The Morgan fingerprint density at radius 3 is 3.06 bits per heavy atom. The van der Waals surface area contributed by atoms with E-state index in [-0.39, 0.29) is 6.10 Å². The molecule has 0 heterocycles. The number of hydrogen-bond acceptors (Lipinski definition) is 3. The first-order valence-electron chi connectivity index (χ1n) is 6.20. The second-order valence-corrected chi connectivity index (χ2v) is 5.52. The third-order valence-corrected chi connectivity index (χ3v) is 4.91. The minimum Gasteiger partial charge on any atom is -0.456 e. The molecule has 0 aromatic heterocycles. The molecule has 0 spiro atoms. The van der Waals surface area contributed by atoms with Gasteiger partial charge < -0.3 is 9.84 Å². The second kappa shape index (κ2) is 3.33. The van der Waals surface area contributed by atoms with Crippen molar-refractivity contribution in [3.05, 3.63) is 12.7 Å². The number of hydrogen-bond donors (Lipinski definition) is 1. The highest BCUT2D eigenvalue weighted by atomic mass is 16.6. The lowest BCUT2D eigenvalue weighted by atomic mass is 9.77. The predicted octanol–water partition coefficient (Wildman–Crippen LogP) is 1.66. The van der Waals surface area contributed by atoms with Crippen molar-refractivity contribution in [3.63, 3.8) is 0 Å². The maximum absolute atomic E-state index is 11.2. The van der Waals surface area contributed by atoms with Crippen LogP contribution in [0.25, 0.3) is 0 Å². The summed E-state index contributed by atoms with van der Waals surface area (Å²) < 4.78 is 5.30. The van der Waals surface area contributed by atoms with Crippen LogP contribution in [-0.4, -0.2) is 22.8 Å². The standard InChI is InChI=1S/C13H18O3/c1-2-12(14)16-11-6-8-7-13(11,15)10-5-3-4-9(8)10/h2,8-11,15H,1,3-7H2. The lowest BCUT2D eigenvalue weighted by molar-refractivity contribution is -0.164. The first-order valence-corrected chi connectivity index (χ1v) is 6.20.